The predicted octanol–water partition coefficient (Wildman–Crippen LogP) is 0.978. The second kappa shape index (κ2) is 5.23. The van der Waals surface area contributed by atoms with Gasteiger partial charge < -0.3 is 15.9 Å². The maximum atomic E-state index is 10.1. The molecule has 2 atom stereocenters. The first kappa shape index (κ1) is 12.0. The molecule has 0 radical (unpaired) electrons. The molecule has 0 aliphatic rings. The van der Waals surface area contributed by atoms with E-state index in [1.165, 1.54) is 0 Å². The van der Waals surface area contributed by atoms with E-state index in [1.807, 2.05) is 30.3 Å². The first-order valence-corrected chi connectivity index (χ1v) is 5.64. The number of fused-ring (bicyclic) bond motifs is 1. The van der Waals surface area contributed by atoms with Crippen LogP contribution in [0.25, 0.3) is 10.8 Å². The fourth-order valence-corrected chi connectivity index (χ4v) is 1.89. The lowest BCUT2D eigenvalue weighted by atomic mass is 10.0. The van der Waals surface area contributed by atoms with Gasteiger partial charge in [0.2, 0.25) is 0 Å². The van der Waals surface area contributed by atoms with Crippen LogP contribution in [0, 0.1) is 0 Å². The Hall–Kier alpha value is -1.49. The highest BCUT2D eigenvalue weighted by Gasteiger charge is 2.20. The Morgan fingerprint density at radius 2 is 1.94 bits per heavy atom. The van der Waals surface area contributed by atoms with E-state index < -0.39 is 12.2 Å². The number of hydrogen-bond acceptors (Lipinski definition) is 4. The van der Waals surface area contributed by atoms with Crippen LogP contribution in [0.2, 0.25) is 0 Å². The molecule has 0 saturated heterocycles. The minimum Gasteiger partial charge on any atom is -0.390 e. The van der Waals surface area contributed by atoms with Crippen molar-refractivity contribution >= 4 is 10.8 Å². The third kappa shape index (κ3) is 2.44. The van der Waals surface area contributed by atoms with Crippen molar-refractivity contribution in [3.05, 3.63) is 42.2 Å². The number of nitrogens with zero attached hydrogens (tertiary/aromatic N) is 1. The summed E-state index contributed by atoms with van der Waals surface area (Å²) in [5.41, 5.74) is 5.87. The maximum absolute atomic E-state index is 10.1. The average Bonchev–Trinajstić information content (AvgIpc) is 2.37. The van der Waals surface area contributed by atoms with Crippen molar-refractivity contribution in [1.29, 1.82) is 0 Å². The van der Waals surface area contributed by atoms with E-state index in [2.05, 4.69) is 4.98 Å². The van der Waals surface area contributed by atoms with Gasteiger partial charge in [-0.15, -0.1) is 0 Å². The molecule has 0 aliphatic heterocycles. The molecule has 90 valence electrons. The normalized spacial score (nSPS) is 14.8. The molecule has 0 saturated carbocycles. The van der Waals surface area contributed by atoms with Gasteiger partial charge in [0.15, 0.2) is 0 Å². The molecule has 2 aromatic rings. The number of benzene rings is 1. The number of aromatic nitrogens is 1. The molecule has 4 heteroatoms. The maximum Gasteiger partial charge on any atom is 0.122 e. The molecule has 1 aromatic heterocycles. The average molecular weight is 232 g/mol. The molecule has 4 nitrogen and oxygen atoms in total. The van der Waals surface area contributed by atoms with Crippen molar-refractivity contribution in [1.82, 2.24) is 4.98 Å². The van der Waals surface area contributed by atoms with Crippen LogP contribution in [0.5, 0.6) is 0 Å². The van der Waals surface area contributed by atoms with Crippen molar-refractivity contribution in [3.63, 3.8) is 0 Å². The number of nitrogens with two attached hydrogens (primary N) is 1. The van der Waals surface area contributed by atoms with E-state index in [-0.39, 0.29) is 0 Å². The molecule has 0 bridgehead atoms. The molecule has 4 N–H and O–H groups in total. The highest BCUT2D eigenvalue weighted by Crippen LogP contribution is 2.24. The molecule has 2 unspecified atom stereocenters. The largest absolute Gasteiger partial charge is 0.390 e. The van der Waals surface area contributed by atoms with E-state index >= 15 is 0 Å². The Labute approximate surface area is 99.7 Å². The van der Waals surface area contributed by atoms with Gasteiger partial charge in [-0.1, -0.05) is 24.3 Å². The van der Waals surface area contributed by atoms with E-state index in [4.69, 9.17) is 5.73 Å². The van der Waals surface area contributed by atoms with Crippen LogP contribution in [0.1, 0.15) is 18.2 Å². The number of aliphatic hydroxyl groups excluding tert-OH is 2. The first-order valence-electron chi connectivity index (χ1n) is 5.64. The third-order valence-electron chi connectivity index (χ3n) is 2.81. The van der Waals surface area contributed by atoms with Gasteiger partial charge in [0.25, 0.3) is 0 Å². The van der Waals surface area contributed by atoms with Gasteiger partial charge in [-0.3, -0.25) is 4.98 Å². The lowest BCUT2D eigenvalue weighted by molar-refractivity contribution is 0.0134. The Kier molecular flexibility index (Phi) is 3.68. The lowest BCUT2D eigenvalue weighted by Gasteiger charge is -2.18. The first-order chi connectivity index (χ1) is 8.24. The van der Waals surface area contributed by atoms with Crippen molar-refractivity contribution < 1.29 is 10.2 Å². The number of pyridine rings is 1. The minimum absolute atomic E-state index is 0.336. The Balaban J connectivity index is 2.41. The van der Waals surface area contributed by atoms with Crippen molar-refractivity contribution in [2.75, 3.05) is 6.54 Å². The standard InChI is InChI=1S/C13H16N2O2/c14-7-5-11(16)13(17)12-10-4-2-1-3-9(10)6-8-15-12/h1-4,6,8,11,13,16-17H,5,7,14H2. The summed E-state index contributed by atoms with van der Waals surface area (Å²) in [7, 11) is 0. The molecule has 17 heavy (non-hydrogen) atoms. The molecule has 0 aliphatic carbocycles. The van der Waals surface area contributed by atoms with E-state index in [9.17, 15) is 10.2 Å². The van der Waals surface area contributed by atoms with Crippen LogP contribution in [-0.4, -0.2) is 27.8 Å². The molecule has 1 heterocycles. The van der Waals surface area contributed by atoms with Crippen LogP contribution >= 0.6 is 0 Å². The quantitative estimate of drug-likeness (QED) is 0.734. The van der Waals surface area contributed by atoms with Crippen LogP contribution in [-0.2, 0) is 0 Å². The van der Waals surface area contributed by atoms with Crippen LogP contribution in [0.4, 0.5) is 0 Å². The highest BCUT2D eigenvalue weighted by atomic mass is 16.3. The lowest BCUT2D eigenvalue weighted by Crippen LogP contribution is -2.22. The Morgan fingerprint density at radius 3 is 2.71 bits per heavy atom. The summed E-state index contributed by atoms with van der Waals surface area (Å²) in [4.78, 5) is 4.16. The zero-order valence-electron chi connectivity index (χ0n) is 9.45. The summed E-state index contributed by atoms with van der Waals surface area (Å²) in [5, 5.41) is 21.7. The molecule has 1 aromatic carbocycles. The van der Waals surface area contributed by atoms with Gasteiger partial charge in [0.05, 0.1) is 11.8 Å². The van der Waals surface area contributed by atoms with E-state index in [1.54, 1.807) is 6.20 Å². The Morgan fingerprint density at radius 1 is 1.18 bits per heavy atom. The summed E-state index contributed by atoms with van der Waals surface area (Å²) in [6.45, 7) is 0.336. The van der Waals surface area contributed by atoms with Gasteiger partial charge in [0, 0.05) is 11.6 Å². The van der Waals surface area contributed by atoms with Crippen molar-refractivity contribution in [2.45, 2.75) is 18.6 Å². The number of hydrogen-bond donors (Lipinski definition) is 3. The second-order valence-electron chi connectivity index (χ2n) is 4.01. The van der Waals surface area contributed by atoms with Crippen LogP contribution in [0.3, 0.4) is 0 Å². The number of rotatable bonds is 4. The summed E-state index contributed by atoms with van der Waals surface area (Å²) in [6.07, 6.45) is 0.116. The highest BCUT2D eigenvalue weighted by molar-refractivity contribution is 5.84. The fraction of sp³-hybridized carbons (Fsp3) is 0.308. The number of aliphatic hydroxyl groups is 2. The van der Waals surface area contributed by atoms with E-state index in [0.717, 1.165) is 10.8 Å². The molecule has 0 amide bonds. The zero-order chi connectivity index (χ0) is 12.3. The summed E-state index contributed by atoms with van der Waals surface area (Å²) >= 11 is 0. The predicted molar refractivity (Wildman–Crippen MR) is 66.4 cm³/mol. The van der Waals surface area contributed by atoms with E-state index in [0.29, 0.717) is 18.7 Å². The van der Waals surface area contributed by atoms with Gasteiger partial charge >= 0.3 is 0 Å². The fourth-order valence-electron chi connectivity index (χ4n) is 1.89. The van der Waals surface area contributed by atoms with Gasteiger partial charge in [-0.25, -0.2) is 0 Å². The molecule has 0 spiro atoms. The molecular weight excluding hydrogens is 216 g/mol. The summed E-state index contributed by atoms with van der Waals surface area (Å²) < 4.78 is 0. The molecular formula is C13H16N2O2. The van der Waals surface area contributed by atoms with Crippen molar-refractivity contribution in [2.24, 2.45) is 5.73 Å². The smallest absolute Gasteiger partial charge is 0.122 e. The molecule has 2 rings (SSSR count). The minimum atomic E-state index is -0.996. The topological polar surface area (TPSA) is 79.4 Å². The van der Waals surface area contributed by atoms with Crippen molar-refractivity contribution in [3.8, 4) is 0 Å². The van der Waals surface area contributed by atoms with Gasteiger partial charge in [-0.2, -0.15) is 0 Å². The van der Waals surface area contributed by atoms with Gasteiger partial charge in [-0.05, 0) is 24.4 Å². The molecule has 0 fully saturated rings. The monoisotopic (exact) mass is 232 g/mol. The second-order valence-corrected chi connectivity index (χ2v) is 4.01. The Bertz CT molecular complexity index is 496. The summed E-state index contributed by atoms with van der Waals surface area (Å²) in [5.74, 6) is 0. The zero-order valence-corrected chi connectivity index (χ0v) is 9.45. The third-order valence-corrected chi connectivity index (χ3v) is 2.81. The van der Waals surface area contributed by atoms with Crippen LogP contribution < -0.4 is 5.73 Å². The van der Waals surface area contributed by atoms with Crippen LogP contribution in [0.15, 0.2) is 36.5 Å². The van der Waals surface area contributed by atoms with Gasteiger partial charge in [0.1, 0.15) is 6.10 Å². The SMILES string of the molecule is NCCC(O)C(O)c1nccc2ccccc12. The summed E-state index contributed by atoms with van der Waals surface area (Å²) in [6, 6.07) is 9.52.